The number of alkyl halides is 3. The third-order valence-electron chi connectivity index (χ3n) is 3.24. The van der Waals surface area contributed by atoms with E-state index in [9.17, 15) is 22.4 Å². The topological polar surface area (TPSA) is 20.3 Å². The van der Waals surface area contributed by atoms with Crippen molar-refractivity contribution in [2.24, 2.45) is 0 Å². The molecule has 0 fully saturated rings. The van der Waals surface area contributed by atoms with E-state index in [2.05, 4.69) is 15.9 Å². The fraction of sp³-hybridized carbons (Fsp3) is 0.188. The second kappa shape index (κ2) is 6.70. The lowest BCUT2D eigenvalue weighted by Gasteiger charge is -2.20. The minimum Gasteiger partial charge on any atom is -0.337 e. The minimum absolute atomic E-state index is 0.0247. The Hall–Kier alpha value is -1.89. The van der Waals surface area contributed by atoms with Gasteiger partial charge in [0.25, 0.3) is 5.91 Å². The molecule has 0 radical (unpaired) electrons. The van der Waals surface area contributed by atoms with E-state index in [1.165, 1.54) is 37.4 Å². The lowest BCUT2D eigenvalue weighted by Crippen LogP contribution is -2.27. The van der Waals surface area contributed by atoms with Gasteiger partial charge in [-0.1, -0.05) is 18.2 Å². The van der Waals surface area contributed by atoms with E-state index >= 15 is 0 Å². The summed E-state index contributed by atoms with van der Waals surface area (Å²) >= 11 is 3.14. The molecule has 0 spiro atoms. The van der Waals surface area contributed by atoms with Gasteiger partial charge in [0.1, 0.15) is 5.82 Å². The summed E-state index contributed by atoms with van der Waals surface area (Å²) in [6.07, 6.45) is -4.50. The van der Waals surface area contributed by atoms with Crippen LogP contribution >= 0.6 is 15.9 Å². The zero-order chi connectivity index (χ0) is 17.2. The molecule has 122 valence electrons. The van der Waals surface area contributed by atoms with Gasteiger partial charge in [-0.05, 0) is 45.8 Å². The third-order valence-corrected chi connectivity index (χ3v) is 3.93. The van der Waals surface area contributed by atoms with Gasteiger partial charge in [-0.2, -0.15) is 13.2 Å². The van der Waals surface area contributed by atoms with Crippen molar-refractivity contribution in [3.05, 3.63) is 69.4 Å². The van der Waals surface area contributed by atoms with Gasteiger partial charge in [-0.3, -0.25) is 4.79 Å². The molecule has 2 nitrogen and oxygen atoms in total. The molecule has 2 aromatic carbocycles. The molecule has 0 saturated carbocycles. The van der Waals surface area contributed by atoms with E-state index in [1.807, 2.05) is 0 Å². The van der Waals surface area contributed by atoms with Crippen LogP contribution in [-0.4, -0.2) is 17.9 Å². The van der Waals surface area contributed by atoms with Gasteiger partial charge in [0.15, 0.2) is 0 Å². The van der Waals surface area contributed by atoms with Crippen molar-refractivity contribution in [2.45, 2.75) is 12.7 Å². The molecule has 0 aromatic heterocycles. The summed E-state index contributed by atoms with van der Waals surface area (Å²) < 4.78 is 52.6. The Morgan fingerprint density at radius 3 is 2.48 bits per heavy atom. The second-order valence-corrected chi connectivity index (χ2v) is 5.79. The SMILES string of the molecule is CN(Cc1ccccc1C(F)(F)F)C(=O)c1cc(F)ccc1Br. The Balaban J connectivity index is 2.28. The number of carbonyl (C=O) groups is 1. The predicted octanol–water partition coefficient (Wildman–Crippen LogP) is 4.88. The summed E-state index contributed by atoms with van der Waals surface area (Å²) in [5.41, 5.74) is -0.765. The lowest BCUT2D eigenvalue weighted by molar-refractivity contribution is -0.138. The van der Waals surface area contributed by atoms with Gasteiger partial charge in [-0.15, -0.1) is 0 Å². The Bertz CT molecular complexity index is 730. The average Bonchev–Trinajstić information content (AvgIpc) is 2.48. The fourth-order valence-corrected chi connectivity index (χ4v) is 2.55. The first-order valence-corrected chi connectivity index (χ1v) is 7.35. The molecule has 23 heavy (non-hydrogen) atoms. The van der Waals surface area contributed by atoms with E-state index < -0.39 is 23.5 Å². The number of nitrogens with zero attached hydrogens (tertiary/aromatic N) is 1. The summed E-state index contributed by atoms with van der Waals surface area (Å²) in [5, 5.41) is 0. The summed E-state index contributed by atoms with van der Waals surface area (Å²) in [6.45, 7) is -0.239. The molecule has 7 heteroatoms. The lowest BCUT2D eigenvalue weighted by atomic mass is 10.1. The van der Waals surface area contributed by atoms with Crippen LogP contribution in [0.1, 0.15) is 21.5 Å². The summed E-state index contributed by atoms with van der Waals surface area (Å²) in [5.74, 6) is -1.17. The molecule has 0 atom stereocenters. The van der Waals surface area contributed by atoms with Crippen molar-refractivity contribution < 1.29 is 22.4 Å². The fourth-order valence-electron chi connectivity index (χ4n) is 2.13. The quantitative estimate of drug-likeness (QED) is 0.685. The van der Waals surface area contributed by atoms with E-state index in [0.29, 0.717) is 4.47 Å². The minimum atomic E-state index is -4.50. The number of amides is 1. The van der Waals surface area contributed by atoms with Crippen molar-refractivity contribution >= 4 is 21.8 Å². The van der Waals surface area contributed by atoms with Gasteiger partial charge in [0.2, 0.25) is 0 Å². The summed E-state index contributed by atoms with van der Waals surface area (Å²) in [6, 6.07) is 8.63. The Morgan fingerprint density at radius 2 is 1.83 bits per heavy atom. The van der Waals surface area contributed by atoms with Crippen LogP contribution in [0.4, 0.5) is 17.6 Å². The predicted molar refractivity (Wildman–Crippen MR) is 81.3 cm³/mol. The summed E-state index contributed by atoms with van der Waals surface area (Å²) in [4.78, 5) is 13.4. The van der Waals surface area contributed by atoms with Crippen LogP contribution in [0.15, 0.2) is 46.9 Å². The molecule has 0 N–H and O–H groups in total. The van der Waals surface area contributed by atoms with Crippen LogP contribution in [-0.2, 0) is 12.7 Å². The van der Waals surface area contributed by atoms with E-state index in [1.54, 1.807) is 0 Å². The second-order valence-electron chi connectivity index (χ2n) is 4.94. The highest BCUT2D eigenvalue weighted by molar-refractivity contribution is 9.10. The molecule has 1 amide bonds. The first kappa shape index (κ1) is 17.5. The number of hydrogen-bond acceptors (Lipinski definition) is 1. The highest BCUT2D eigenvalue weighted by atomic mass is 79.9. The maximum atomic E-state index is 13.3. The van der Waals surface area contributed by atoms with Gasteiger partial charge in [0, 0.05) is 18.1 Å². The Morgan fingerprint density at radius 1 is 1.17 bits per heavy atom. The number of rotatable bonds is 3. The van der Waals surface area contributed by atoms with Crippen molar-refractivity contribution in [1.82, 2.24) is 4.90 Å². The number of benzene rings is 2. The van der Waals surface area contributed by atoms with Crippen molar-refractivity contribution in [3.63, 3.8) is 0 Å². The zero-order valence-corrected chi connectivity index (χ0v) is 13.6. The third kappa shape index (κ3) is 4.10. The van der Waals surface area contributed by atoms with E-state index in [0.717, 1.165) is 17.0 Å². The number of halogens is 5. The van der Waals surface area contributed by atoms with Gasteiger partial charge < -0.3 is 4.90 Å². The van der Waals surface area contributed by atoms with E-state index in [-0.39, 0.29) is 17.7 Å². The molecule has 0 aliphatic rings. The van der Waals surface area contributed by atoms with Crippen LogP contribution in [0.25, 0.3) is 0 Å². The van der Waals surface area contributed by atoms with Crippen molar-refractivity contribution in [3.8, 4) is 0 Å². The number of carbonyl (C=O) groups excluding carboxylic acids is 1. The summed E-state index contributed by atoms with van der Waals surface area (Å²) in [7, 11) is 1.37. The smallest absolute Gasteiger partial charge is 0.337 e. The van der Waals surface area contributed by atoms with Crippen LogP contribution in [0, 0.1) is 5.82 Å². The molecule has 0 saturated heterocycles. The maximum Gasteiger partial charge on any atom is 0.416 e. The molecule has 0 heterocycles. The molecular weight excluding hydrogens is 378 g/mol. The van der Waals surface area contributed by atoms with Crippen molar-refractivity contribution in [1.29, 1.82) is 0 Å². The molecule has 0 unspecified atom stereocenters. The monoisotopic (exact) mass is 389 g/mol. The number of hydrogen-bond donors (Lipinski definition) is 0. The highest BCUT2D eigenvalue weighted by Gasteiger charge is 2.33. The van der Waals surface area contributed by atoms with Crippen molar-refractivity contribution in [2.75, 3.05) is 7.05 Å². The molecular formula is C16H12BrF4NO. The largest absolute Gasteiger partial charge is 0.416 e. The maximum absolute atomic E-state index is 13.3. The molecule has 2 rings (SSSR count). The van der Waals surface area contributed by atoms with Gasteiger partial charge >= 0.3 is 6.18 Å². The molecule has 0 bridgehead atoms. The van der Waals surface area contributed by atoms with Gasteiger partial charge in [-0.25, -0.2) is 4.39 Å². The molecule has 2 aromatic rings. The molecule has 0 aliphatic carbocycles. The molecule has 0 aliphatic heterocycles. The van der Waals surface area contributed by atoms with Crippen LogP contribution in [0.5, 0.6) is 0 Å². The average molecular weight is 390 g/mol. The zero-order valence-electron chi connectivity index (χ0n) is 12.0. The van der Waals surface area contributed by atoms with Crippen LogP contribution in [0.2, 0.25) is 0 Å². The van der Waals surface area contributed by atoms with Crippen LogP contribution < -0.4 is 0 Å². The first-order valence-electron chi connectivity index (χ1n) is 6.56. The van der Waals surface area contributed by atoms with E-state index in [4.69, 9.17) is 0 Å². The highest BCUT2D eigenvalue weighted by Crippen LogP contribution is 2.32. The first-order chi connectivity index (χ1) is 10.7. The standard InChI is InChI=1S/C16H12BrF4NO/c1-22(15(23)12-8-11(18)6-7-14(12)17)9-10-4-2-3-5-13(10)16(19,20)21/h2-8H,9H2,1H3. The normalized spacial score (nSPS) is 11.4. The Labute approximate surface area is 138 Å². The van der Waals surface area contributed by atoms with Crippen LogP contribution in [0.3, 0.4) is 0 Å². The Kier molecular flexibility index (Phi) is 5.09. The van der Waals surface area contributed by atoms with Gasteiger partial charge in [0.05, 0.1) is 11.1 Å².